The Kier molecular flexibility index (Phi) is 4.54. The van der Waals surface area contributed by atoms with Gasteiger partial charge in [0, 0.05) is 28.7 Å². The van der Waals surface area contributed by atoms with Gasteiger partial charge in [-0.25, -0.2) is 9.97 Å². The van der Waals surface area contributed by atoms with Crippen LogP contribution in [0.25, 0.3) is 0 Å². The molecule has 2 heterocycles. The highest BCUT2D eigenvalue weighted by molar-refractivity contribution is 7.09. The largest absolute Gasteiger partial charge is 0.327 e. The molecule has 0 unspecified atom stereocenters. The molecule has 2 aromatic heterocycles. The third-order valence-electron chi connectivity index (χ3n) is 3.20. The Labute approximate surface area is 131 Å². The Balaban J connectivity index is 2.07. The van der Waals surface area contributed by atoms with Gasteiger partial charge >= 0.3 is 0 Å². The van der Waals surface area contributed by atoms with Gasteiger partial charge in [0.2, 0.25) is 0 Å². The van der Waals surface area contributed by atoms with E-state index in [-0.39, 0.29) is 11.0 Å². The van der Waals surface area contributed by atoms with Gasteiger partial charge < -0.3 is 9.88 Å². The summed E-state index contributed by atoms with van der Waals surface area (Å²) in [5.41, 5.74) is 1.37. The lowest BCUT2D eigenvalue weighted by Gasteiger charge is -2.20. The van der Waals surface area contributed by atoms with Crippen molar-refractivity contribution in [3.63, 3.8) is 0 Å². The first kappa shape index (κ1) is 16.2. The number of thiazole rings is 1. The molecule has 21 heavy (non-hydrogen) atoms. The Hall–Kier alpha value is -1.20. The molecule has 0 saturated heterocycles. The van der Waals surface area contributed by atoms with E-state index < -0.39 is 0 Å². The minimum absolute atomic E-state index is 0.0946. The Morgan fingerprint density at radius 3 is 2.48 bits per heavy atom. The topological polar surface area (TPSA) is 42.7 Å². The van der Waals surface area contributed by atoms with Gasteiger partial charge in [0.05, 0.1) is 18.8 Å². The van der Waals surface area contributed by atoms with Crippen LogP contribution in [0.1, 0.15) is 58.1 Å². The molecule has 0 aromatic carbocycles. The van der Waals surface area contributed by atoms with Crippen LogP contribution in [0.15, 0.2) is 17.8 Å². The molecule has 0 spiro atoms. The van der Waals surface area contributed by atoms with Crippen LogP contribution in [0.2, 0.25) is 0 Å². The van der Waals surface area contributed by atoms with Gasteiger partial charge in [-0.05, 0) is 20.8 Å². The summed E-state index contributed by atoms with van der Waals surface area (Å²) < 4.78 is 2.17. The van der Waals surface area contributed by atoms with Crippen LogP contribution in [-0.2, 0) is 18.5 Å². The number of nitrogens with zero attached hydrogens (tertiary/aromatic N) is 3. The van der Waals surface area contributed by atoms with Crippen LogP contribution in [0.3, 0.4) is 0 Å². The first-order valence-corrected chi connectivity index (χ1v) is 8.23. The first-order chi connectivity index (χ1) is 9.65. The fourth-order valence-electron chi connectivity index (χ4n) is 1.87. The summed E-state index contributed by atoms with van der Waals surface area (Å²) in [6, 6.07) is 0. The molecule has 0 aliphatic rings. The molecule has 0 atom stereocenters. The zero-order chi connectivity index (χ0) is 15.7. The number of imidazole rings is 1. The maximum absolute atomic E-state index is 4.76. The normalized spacial score (nSPS) is 12.9. The van der Waals surface area contributed by atoms with Crippen molar-refractivity contribution in [1.82, 2.24) is 19.9 Å². The fraction of sp³-hybridized carbons (Fsp3) is 0.625. The maximum atomic E-state index is 4.76. The molecule has 0 amide bonds. The van der Waals surface area contributed by atoms with Gasteiger partial charge in [0.1, 0.15) is 10.8 Å². The van der Waals surface area contributed by atoms with Crippen molar-refractivity contribution in [1.29, 1.82) is 0 Å². The molecule has 0 aliphatic carbocycles. The highest BCUT2D eigenvalue weighted by atomic mass is 32.1. The van der Waals surface area contributed by atoms with Crippen molar-refractivity contribution in [3.05, 3.63) is 34.3 Å². The minimum atomic E-state index is 0.0946. The summed E-state index contributed by atoms with van der Waals surface area (Å²) in [5.74, 6) is 1.05. The van der Waals surface area contributed by atoms with Gasteiger partial charge in [0.15, 0.2) is 0 Å². The van der Waals surface area contributed by atoms with Crippen LogP contribution in [0, 0.1) is 0 Å². The number of rotatable bonds is 4. The molecule has 4 nitrogen and oxygen atoms in total. The van der Waals surface area contributed by atoms with Crippen molar-refractivity contribution >= 4 is 11.3 Å². The molecule has 0 saturated carbocycles. The molecule has 0 aliphatic heterocycles. The van der Waals surface area contributed by atoms with Gasteiger partial charge in [-0.3, -0.25) is 0 Å². The Morgan fingerprint density at radius 2 is 1.90 bits per heavy atom. The Morgan fingerprint density at radius 1 is 1.19 bits per heavy atom. The SMILES string of the molecule is CC(C)(C)NCc1nccn1Cc1nc(C(C)(C)C)cs1. The lowest BCUT2D eigenvalue weighted by atomic mass is 9.93. The van der Waals surface area contributed by atoms with Gasteiger partial charge in [-0.2, -0.15) is 0 Å². The van der Waals surface area contributed by atoms with E-state index in [0.717, 1.165) is 29.6 Å². The second-order valence-electron chi connectivity index (χ2n) is 7.45. The molecule has 2 aromatic rings. The summed E-state index contributed by atoms with van der Waals surface area (Å²) >= 11 is 1.73. The molecule has 5 heteroatoms. The molecular formula is C16H26N4S. The van der Waals surface area contributed by atoms with Gasteiger partial charge in [-0.1, -0.05) is 20.8 Å². The van der Waals surface area contributed by atoms with E-state index in [1.54, 1.807) is 11.3 Å². The number of hydrogen-bond acceptors (Lipinski definition) is 4. The van der Waals surface area contributed by atoms with E-state index in [0.29, 0.717) is 0 Å². The molecule has 0 radical (unpaired) electrons. The van der Waals surface area contributed by atoms with Crippen molar-refractivity contribution in [3.8, 4) is 0 Å². The summed E-state index contributed by atoms with van der Waals surface area (Å²) in [6.45, 7) is 14.6. The predicted octanol–water partition coefficient (Wildman–Crippen LogP) is 3.57. The maximum Gasteiger partial charge on any atom is 0.123 e. The molecule has 2 rings (SSSR count). The van der Waals surface area contributed by atoms with Crippen molar-refractivity contribution in [2.45, 2.75) is 65.6 Å². The van der Waals surface area contributed by atoms with Crippen LogP contribution in [0.5, 0.6) is 0 Å². The smallest absolute Gasteiger partial charge is 0.123 e. The number of nitrogens with one attached hydrogen (secondary N) is 1. The molecular weight excluding hydrogens is 280 g/mol. The molecule has 0 bridgehead atoms. The van der Waals surface area contributed by atoms with E-state index in [2.05, 4.69) is 61.8 Å². The lowest BCUT2D eigenvalue weighted by molar-refractivity contribution is 0.413. The second kappa shape index (κ2) is 5.89. The first-order valence-electron chi connectivity index (χ1n) is 7.35. The van der Waals surface area contributed by atoms with E-state index >= 15 is 0 Å². The van der Waals surface area contributed by atoms with Crippen LogP contribution < -0.4 is 5.32 Å². The lowest BCUT2D eigenvalue weighted by Crippen LogP contribution is -2.36. The zero-order valence-electron chi connectivity index (χ0n) is 13.9. The average Bonchev–Trinajstić information content (AvgIpc) is 2.94. The van der Waals surface area contributed by atoms with Crippen molar-refractivity contribution in [2.24, 2.45) is 0 Å². The quantitative estimate of drug-likeness (QED) is 0.939. The van der Waals surface area contributed by atoms with Gasteiger partial charge in [0.25, 0.3) is 0 Å². The highest BCUT2D eigenvalue weighted by Crippen LogP contribution is 2.24. The summed E-state index contributed by atoms with van der Waals surface area (Å²) in [7, 11) is 0. The summed E-state index contributed by atoms with van der Waals surface area (Å²) in [5, 5.41) is 6.78. The molecule has 1 N–H and O–H groups in total. The summed E-state index contributed by atoms with van der Waals surface area (Å²) in [6.07, 6.45) is 3.88. The van der Waals surface area contributed by atoms with Crippen molar-refractivity contribution in [2.75, 3.05) is 0 Å². The highest BCUT2D eigenvalue weighted by Gasteiger charge is 2.18. The van der Waals surface area contributed by atoms with Gasteiger partial charge in [-0.15, -0.1) is 11.3 Å². The number of hydrogen-bond donors (Lipinski definition) is 1. The Bertz CT molecular complexity index is 584. The average molecular weight is 306 g/mol. The van der Waals surface area contributed by atoms with Crippen LogP contribution in [-0.4, -0.2) is 20.1 Å². The number of aromatic nitrogens is 3. The standard InChI is InChI=1S/C16H26N4S/c1-15(2,3)12-11-21-14(19-12)10-20-8-7-17-13(20)9-18-16(4,5)6/h7-8,11,18H,9-10H2,1-6H3. The zero-order valence-corrected chi connectivity index (χ0v) is 14.7. The monoisotopic (exact) mass is 306 g/mol. The summed E-state index contributed by atoms with van der Waals surface area (Å²) in [4.78, 5) is 9.20. The minimum Gasteiger partial charge on any atom is -0.327 e. The third-order valence-corrected chi connectivity index (χ3v) is 4.04. The van der Waals surface area contributed by atoms with Crippen LogP contribution in [0.4, 0.5) is 0 Å². The fourth-order valence-corrected chi connectivity index (χ4v) is 2.89. The third kappa shape index (κ3) is 4.64. The van der Waals surface area contributed by atoms with E-state index in [9.17, 15) is 0 Å². The second-order valence-corrected chi connectivity index (χ2v) is 8.39. The van der Waals surface area contributed by atoms with E-state index in [1.807, 2.05) is 12.4 Å². The van der Waals surface area contributed by atoms with E-state index in [4.69, 9.17) is 4.98 Å². The van der Waals surface area contributed by atoms with Crippen LogP contribution >= 0.6 is 11.3 Å². The predicted molar refractivity (Wildman–Crippen MR) is 88.7 cm³/mol. The van der Waals surface area contributed by atoms with E-state index in [1.165, 1.54) is 0 Å². The molecule has 0 fully saturated rings. The molecule has 116 valence electrons. The van der Waals surface area contributed by atoms with Crippen molar-refractivity contribution < 1.29 is 0 Å².